The molecule has 0 aliphatic carbocycles. The van der Waals surface area contributed by atoms with Crippen molar-refractivity contribution < 1.29 is 14.6 Å². The van der Waals surface area contributed by atoms with E-state index in [4.69, 9.17) is 9.47 Å². The fraction of sp³-hybridized carbons (Fsp3) is 0.316. The number of methoxy groups -OCH3 is 2. The molecule has 2 aromatic rings. The van der Waals surface area contributed by atoms with E-state index in [0.29, 0.717) is 19.7 Å². The Bertz CT molecular complexity index is 764. The van der Waals surface area contributed by atoms with Crippen molar-refractivity contribution >= 4 is 19.0 Å². The summed E-state index contributed by atoms with van der Waals surface area (Å²) in [6.45, 7) is 8.15. The normalized spacial score (nSPS) is 11.5. The molecule has 0 aliphatic heterocycles. The van der Waals surface area contributed by atoms with Crippen LogP contribution in [-0.4, -0.2) is 19.7 Å². The Kier molecular flexibility index (Phi) is 5.46. The lowest BCUT2D eigenvalue weighted by molar-refractivity contribution is -0.207. The van der Waals surface area contributed by atoms with Gasteiger partial charge in [-0.1, -0.05) is 14.3 Å². The first-order chi connectivity index (χ1) is 10.9. The molecule has 0 heterocycles. The molecule has 0 N–H and O–H groups in total. The van der Waals surface area contributed by atoms with Gasteiger partial charge < -0.3 is 14.6 Å². The molecular formula is C19H22O3P-. The SMILES string of the molecule is COc1ccc(P=C([O-])c2c(C)cc(C)c(C)c2C)c(OC)c1. The van der Waals surface area contributed by atoms with E-state index >= 15 is 0 Å². The fourth-order valence-corrected chi connectivity index (χ4v) is 3.75. The predicted octanol–water partition coefficient (Wildman–Crippen LogP) is 3.05. The second kappa shape index (κ2) is 7.16. The van der Waals surface area contributed by atoms with Crippen LogP contribution in [-0.2, 0) is 0 Å². The van der Waals surface area contributed by atoms with Gasteiger partial charge >= 0.3 is 0 Å². The lowest BCUT2D eigenvalue weighted by atomic mass is 9.95. The number of hydrogen-bond donors (Lipinski definition) is 0. The molecule has 0 aromatic heterocycles. The maximum absolute atomic E-state index is 12.8. The first kappa shape index (κ1) is 17.5. The zero-order valence-corrected chi connectivity index (χ0v) is 15.4. The highest BCUT2D eigenvalue weighted by atomic mass is 31.1. The molecule has 0 atom stereocenters. The molecule has 23 heavy (non-hydrogen) atoms. The molecule has 122 valence electrons. The van der Waals surface area contributed by atoms with Gasteiger partial charge in [-0.2, -0.15) is 0 Å². The highest BCUT2D eigenvalue weighted by Crippen LogP contribution is 2.25. The molecule has 0 amide bonds. The van der Waals surface area contributed by atoms with Crippen LogP contribution in [0.3, 0.4) is 0 Å². The van der Waals surface area contributed by atoms with Gasteiger partial charge in [0.15, 0.2) is 0 Å². The highest BCUT2D eigenvalue weighted by molar-refractivity contribution is 7.49. The number of rotatable bonds is 4. The molecule has 0 fully saturated rings. The topological polar surface area (TPSA) is 41.5 Å². The summed E-state index contributed by atoms with van der Waals surface area (Å²) in [5.41, 5.74) is 5.38. The molecule has 4 heteroatoms. The molecule has 2 rings (SSSR count). The van der Waals surface area contributed by atoms with Crippen LogP contribution in [0.2, 0.25) is 0 Å². The van der Waals surface area contributed by atoms with E-state index in [0.717, 1.165) is 22.0 Å². The minimum Gasteiger partial charge on any atom is -0.823 e. The largest absolute Gasteiger partial charge is 0.823 e. The smallest absolute Gasteiger partial charge is 0.134 e. The van der Waals surface area contributed by atoms with Gasteiger partial charge in [-0.05, 0) is 67.6 Å². The molecule has 3 nitrogen and oxygen atoms in total. The molecule has 0 bridgehead atoms. The van der Waals surface area contributed by atoms with Gasteiger partial charge in [0, 0.05) is 11.4 Å². The number of aryl methyl sites for hydroxylation is 2. The van der Waals surface area contributed by atoms with Crippen molar-refractivity contribution in [3.63, 3.8) is 0 Å². The molecule has 0 spiro atoms. The van der Waals surface area contributed by atoms with E-state index in [1.807, 2.05) is 26.0 Å². The Morgan fingerprint density at radius 3 is 2.22 bits per heavy atom. The summed E-state index contributed by atoms with van der Waals surface area (Å²) in [5, 5.41) is 13.7. The van der Waals surface area contributed by atoms with Gasteiger partial charge in [0.25, 0.3) is 0 Å². The van der Waals surface area contributed by atoms with E-state index in [9.17, 15) is 5.11 Å². The third kappa shape index (κ3) is 3.57. The Hall–Kier alpha value is -1.83. The zero-order valence-electron chi connectivity index (χ0n) is 14.5. The average molecular weight is 329 g/mol. The quantitative estimate of drug-likeness (QED) is 0.810. The second-order valence-corrected chi connectivity index (χ2v) is 6.70. The van der Waals surface area contributed by atoms with Crippen LogP contribution in [0.5, 0.6) is 11.5 Å². The van der Waals surface area contributed by atoms with Crippen molar-refractivity contribution in [2.45, 2.75) is 27.7 Å². The van der Waals surface area contributed by atoms with E-state index < -0.39 is 0 Å². The van der Waals surface area contributed by atoms with Crippen molar-refractivity contribution in [1.82, 2.24) is 0 Å². The summed E-state index contributed by atoms with van der Waals surface area (Å²) < 4.78 is 10.6. The summed E-state index contributed by atoms with van der Waals surface area (Å²) in [6, 6.07) is 7.60. The van der Waals surface area contributed by atoms with Gasteiger partial charge in [-0.3, -0.25) is 0 Å². The van der Waals surface area contributed by atoms with Crippen molar-refractivity contribution in [1.29, 1.82) is 0 Å². The van der Waals surface area contributed by atoms with Crippen LogP contribution in [0.4, 0.5) is 0 Å². The molecule has 0 saturated heterocycles. The summed E-state index contributed by atoms with van der Waals surface area (Å²) in [5.74, 6) is 1.38. The second-order valence-electron chi connectivity index (χ2n) is 5.59. The van der Waals surface area contributed by atoms with Gasteiger partial charge in [0.2, 0.25) is 0 Å². The Labute approximate surface area is 139 Å². The maximum Gasteiger partial charge on any atom is 0.134 e. The summed E-state index contributed by atoms with van der Waals surface area (Å²) in [6.07, 6.45) is 0. The van der Waals surface area contributed by atoms with Crippen LogP contribution in [0.25, 0.3) is 0 Å². The molecule has 0 unspecified atom stereocenters. The van der Waals surface area contributed by atoms with Crippen LogP contribution < -0.4 is 19.9 Å². The highest BCUT2D eigenvalue weighted by Gasteiger charge is 2.09. The zero-order chi connectivity index (χ0) is 17.1. The van der Waals surface area contributed by atoms with E-state index in [1.165, 1.54) is 11.1 Å². The van der Waals surface area contributed by atoms with Crippen LogP contribution in [0.1, 0.15) is 27.8 Å². The maximum atomic E-state index is 12.8. The number of hydrogen-bond acceptors (Lipinski definition) is 3. The number of benzene rings is 2. The van der Waals surface area contributed by atoms with Crippen molar-refractivity contribution in [2.75, 3.05) is 14.2 Å². The first-order valence-electron chi connectivity index (χ1n) is 7.44. The van der Waals surface area contributed by atoms with E-state index in [1.54, 1.807) is 20.3 Å². The van der Waals surface area contributed by atoms with Crippen molar-refractivity contribution in [2.24, 2.45) is 0 Å². The van der Waals surface area contributed by atoms with Crippen molar-refractivity contribution in [3.05, 3.63) is 52.1 Å². The lowest BCUT2D eigenvalue weighted by Crippen LogP contribution is -2.21. The number of ether oxygens (including phenoxy) is 2. The third-order valence-electron chi connectivity index (χ3n) is 4.18. The van der Waals surface area contributed by atoms with Gasteiger partial charge in [-0.25, -0.2) is 0 Å². The summed E-state index contributed by atoms with van der Waals surface area (Å²) >= 11 is 0. The van der Waals surface area contributed by atoms with Gasteiger partial charge in [0.05, 0.1) is 14.2 Å². The van der Waals surface area contributed by atoms with Crippen LogP contribution in [0.15, 0.2) is 24.3 Å². The van der Waals surface area contributed by atoms with Crippen molar-refractivity contribution in [3.8, 4) is 11.5 Å². The third-order valence-corrected chi connectivity index (χ3v) is 5.22. The van der Waals surface area contributed by atoms with E-state index in [-0.39, 0.29) is 5.48 Å². The average Bonchev–Trinajstić information content (AvgIpc) is 2.53. The Morgan fingerprint density at radius 1 is 0.913 bits per heavy atom. The molecular weight excluding hydrogens is 307 g/mol. The fourth-order valence-electron chi connectivity index (χ4n) is 2.66. The van der Waals surface area contributed by atoms with E-state index in [2.05, 4.69) is 19.9 Å². The van der Waals surface area contributed by atoms with Crippen LogP contribution >= 0.6 is 8.20 Å². The van der Waals surface area contributed by atoms with Gasteiger partial charge in [-0.15, -0.1) is 5.48 Å². The standard InChI is InChI=1S/C19H23O3P/c1-11-9-12(2)18(14(4)13(11)3)19(20)23-17-8-7-15(21-5)10-16(17)22-6/h7-10,20H,1-6H3/p-1. The molecule has 0 saturated carbocycles. The molecule has 2 aromatic carbocycles. The molecule has 0 radical (unpaired) electrons. The lowest BCUT2D eigenvalue weighted by Gasteiger charge is -2.21. The monoisotopic (exact) mass is 329 g/mol. The predicted molar refractivity (Wildman–Crippen MR) is 95.6 cm³/mol. The van der Waals surface area contributed by atoms with Gasteiger partial charge in [0.1, 0.15) is 11.5 Å². The summed E-state index contributed by atoms with van der Waals surface area (Å²) in [4.78, 5) is 0. The minimum atomic E-state index is 0.0894. The summed E-state index contributed by atoms with van der Waals surface area (Å²) in [7, 11) is 3.82. The first-order valence-corrected chi connectivity index (χ1v) is 8.34. The van der Waals surface area contributed by atoms with Crippen LogP contribution in [0, 0.1) is 27.7 Å². The Morgan fingerprint density at radius 2 is 1.61 bits per heavy atom. The minimum absolute atomic E-state index is 0.0894. The molecule has 0 aliphatic rings. The Balaban J connectivity index is 2.55.